The van der Waals surface area contributed by atoms with Crippen molar-refractivity contribution >= 4 is 17.6 Å². The molecule has 0 fully saturated rings. The Morgan fingerprint density at radius 1 is 1.04 bits per heavy atom. The highest BCUT2D eigenvalue weighted by Crippen LogP contribution is 2.17. The highest BCUT2D eigenvalue weighted by Gasteiger charge is 2.11. The number of halogens is 2. The summed E-state index contributed by atoms with van der Waals surface area (Å²) in [6.45, 7) is -2.97. The Labute approximate surface area is 148 Å². The largest absolute Gasteiger partial charge is 0.452 e. The molecule has 1 N–H and O–H groups in total. The fraction of sp³-hybridized carbons (Fsp3) is 0.222. The minimum atomic E-state index is -2.92. The van der Waals surface area contributed by atoms with Crippen LogP contribution in [0.3, 0.4) is 0 Å². The van der Waals surface area contributed by atoms with E-state index in [-0.39, 0.29) is 5.75 Å². The smallest absolute Gasteiger partial charge is 0.387 e. The molecule has 2 aromatic rings. The van der Waals surface area contributed by atoms with Crippen molar-refractivity contribution in [2.75, 3.05) is 19.0 Å². The van der Waals surface area contributed by atoms with Crippen LogP contribution in [0.15, 0.2) is 48.5 Å². The number of hydrogen-bond donors (Lipinski definition) is 1. The summed E-state index contributed by atoms with van der Waals surface area (Å²) in [7, 11) is 1.57. The van der Waals surface area contributed by atoms with E-state index in [1.165, 1.54) is 24.3 Å². The van der Waals surface area contributed by atoms with Crippen molar-refractivity contribution in [3.63, 3.8) is 0 Å². The summed E-state index contributed by atoms with van der Waals surface area (Å²) < 4.78 is 38.2. The van der Waals surface area contributed by atoms with Gasteiger partial charge in [-0.25, -0.2) is 4.79 Å². The second-order valence-electron chi connectivity index (χ2n) is 5.16. The van der Waals surface area contributed by atoms with Crippen molar-refractivity contribution in [1.82, 2.24) is 0 Å². The summed E-state index contributed by atoms with van der Waals surface area (Å²) in [5, 5.41) is 2.48. The Morgan fingerprint density at radius 3 is 2.27 bits per heavy atom. The van der Waals surface area contributed by atoms with E-state index in [0.29, 0.717) is 17.9 Å². The maximum absolute atomic E-state index is 12.1. The number of esters is 1. The van der Waals surface area contributed by atoms with E-state index in [0.717, 1.165) is 5.56 Å². The number of ether oxygens (including phenoxy) is 3. The first kappa shape index (κ1) is 19.3. The van der Waals surface area contributed by atoms with Gasteiger partial charge in [0.15, 0.2) is 6.61 Å². The minimum absolute atomic E-state index is 0.0265. The van der Waals surface area contributed by atoms with Crippen LogP contribution < -0.4 is 10.1 Å². The van der Waals surface area contributed by atoms with Crippen molar-refractivity contribution < 1.29 is 32.6 Å². The van der Waals surface area contributed by atoms with Crippen molar-refractivity contribution in [1.29, 1.82) is 0 Å². The minimum Gasteiger partial charge on any atom is -0.452 e. The molecule has 0 saturated carbocycles. The molecule has 2 rings (SSSR count). The van der Waals surface area contributed by atoms with Crippen molar-refractivity contribution in [2.24, 2.45) is 0 Å². The standard InChI is InChI=1S/C18H17F2NO5/c1-24-10-12-2-4-13(5-3-12)17(23)25-11-16(22)21-14-6-8-15(9-7-14)26-18(19)20/h2-9,18H,10-11H2,1H3,(H,21,22). The SMILES string of the molecule is COCc1ccc(C(=O)OCC(=O)Nc2ccc(OC(F)F)cc2)cc1. The number of anilines is 1. The fourth-order valence-corrected chi connectivity index (χ4v) is 2.03. The molecule has 0 aliphatic carbocycles. The zero-order valence-electron chi connectivity index (χ0n) is 13.9. The van der Waals surface area contributed by atoms with Gasteiger partial charge in [0.05, 0.1) is 12.2 Å². The van der Waals surface area contributed by atoms with E-state index in [2.05, 4.69) is 10.1 Å². The van der Waals surface area contributed by atoms with Crippen LogP contribution in [0.25, 0.3) is 0 Å². The molecule has 1 amide bonds. The summed E-state index contributed by atoms with van der Waals surface area (Å²) in [6.07, 6.45) is 0. The summed E-state index contributed by atoms with van der Waals surface area (Å²) in [5.41, 5.74) is 1.57. The molecule has 138 valence electrons. The van der Waals surface area contributed by atoms with Gasteiger partial charge in [0, 0.05) is 12.8 Å². The first-order valence-corrected chi connectivity index (χ1v) is 7.57. The van der Waals surface area contributed by atoms with Gasteiger partial charge in [0.25, 0.3) is 5.91 Å². The third-order valence-corrected chi connectivity index (χ3v) is 3.20. The lowest BCUT2D eigenvalue weighted by molar-refractivity contribution is -0.119. The number of methoxy groups -OCH3 is 1. The van der Waals surface area contributed by atoms with Gasteiger partial charge in [-0.15, -0.1) is 0 Å². The molecule has 2 aromatic carbocycles. The van der Waals surface area contributed by atoms with Gasteiger partial charge in [-0.05, 0) is 42.0 Å². The zero-order valence-corrected chi connectivity index (χ0v) is 13.9. The van der Waals surface area contributed by atoms with Crippen LogP contribution in [0.1, 0.15) is 15.9 Å². The van der Waals surface area contributed by atoms with Crippen LogP contribution in [0.2, 0.25) is 0 Å². The quantitative estimate of drug-likeness (QED) is 0.727. The monoisotopic (exact) mass is 365 g/mol. The summed E-state index contributed by atoms with van der Waals surface area (Å²) in [4.78, 5) is 23.7. The van der Waals surface area contributed by atoms with E-state index in [9.17, 15) is 18.4 Å². The molecular formula is C18H17F2NO5. The Bertz CT molecular complexity index is 732. The van der Waals surface area contributed by atoms with E-state index in [4.69, 9.17) is 9.47 Å². The molecule has 6 nitrogen and oxygen atoms in total. The first-order valence-electron chi connectivity index (χ1n) is 7.57. The molecule has 0 bridgehead atoms. The number of alkyl halides is 2. The average Bonchev–Trinajstić information content (AvgIpc) is 2.62. The second kappa shape index (κ2) is 9.47. The van der Waals surface area contributed by atoms with Crippen LogP contribution in [-0.2, 0) is 20.9 Å². The van der Waals surface area contributed by atoms with Gasteiger partial charge < -0.3 is 19.5 Å². The van der Waals surface area contributed by atoms with Gasteiger partial charge in [0.2, 0.25) is 0 Å². The van der Waals surface area contributed by atoms with Gasteiger partial charge in [0.1, 0.15) is 5.75 Å². The molecular weight excluding hydrogens is 348 g/mol. The Morgan fingerprint density at radius 2 is 1.69 bits per heavy atom. The topological polar surface area (TPSA) is 73.9 Å². The molecule has 0 unspecified atom stereocenters. The molecule has 0 spiro atoms. The number of amides is 1. The molecule has 0 atom stereocenters. The lowest BCUT2D eigenvalue weighted by Gasteiger charge is -2.08. The predicted molar refractivity (Wildman–Crippen MR) is 89.1 cm³/mol. The van der Waals surface area contributed by atoms with Gasteiger partial charge in [-0.2, -0.15) is 8.78 Å². The number of nitrogens with one attached hydrogen (secondary N) is 1. The van der Waals surface area contributed by atoms with Crippen molar-refractivity contribution in [2.45, 2.75) is 13.2 Å². The molecule has 0 heterocycles. The molecule has 0 aliphatic heterocycles. The predicted octanol–water partition coefficient (Wildman–Crippen LogP) is 3.23. The van der Waals surface area contributed by atoms with Crippen LogP contribution in [0, 0.1) is 0 Å². The maximum Gasteiger partial charge on any atom is 0.387 e. The Kier molecular flexibility index (Phi) is 7.04. The number of carbonyl (C=O) groups excluding carboxylic acids is 2. The van der Waals surface area contributed by atoms with Gasteiger partial charge in [-0.3, -0.25) is 4.79 Å². The summed E-state index contributed by atoms with van der Waals surface area (Å²) in [5.74, 6) is -1.22. The molecule has 0 aromatic heterocycles. The summed E-state index contributed by atoms with van der Waals surface area (Å²) >= 11 is 0. The lowest BCUT2D eigenvalue weighted by atomic mass is 10.1. The van der Waals surface area contributed by atoms with Crippen molar-refractivity contribution in [3.8, 4) is 5.75 Å². The molecule has 8 heteroatoms. The Hall–Kier alpha value is -3.00. The highest BCUT2D eigenvalue weighted by atomic mass is 19.3. The molecule has 26 heavy (non-hydrogen) atoms. The van der Waals surface area contributed by atoms with Crippen LogP contribution in [0.5, 0.6) is 5.75 Å². The van der Waals surface area contributed by atoms with Gasteiger partial charge >= 0.3 is 12.6 Å². The number of carbonyl (C=O) groups is 2. The van der Waals surface area contributed by atoms with Crippen LogP contribution >= 0.6 is 0 Å². The number of rotatable bonds is 8. The van der Waals surface area contributed by atoms with E-state index >= 15 is 0 Å². The highest BCUT2D eigenvalue weighted by molar-refractivity contribution is 5.95. The second-order valence-corrected chi connectivity index (χ2v) is 5.16. The third-order valence-electron chi connectivity index (χ3n) is 3.20. The number of hydrogen-bond acceptors (Lipinski definition) is 5. The van der Waals surface area contributed by atoms with Gasteiger partial charge in [-0.1, -0.05) is 12.1 Å². The molecule has 0 radical (unpaired) electrons. The number of benzene rings is 2. The van der Waals surface area contributed by atoms with E-state index < -0.39 is 25.1 Å². The van der Waals surface area contributed by atoms with Crippen LogP contribution in [-0.4, -0.2) is 32.2 Å². The zero-order chi connectivity index (χ0) is 18.9. The van der Waals surface area contributed by atoms with E-state index in [1.54, 1.807) is 31.4 Å². The van der Waals surface area contributed by atoms with Crippen molar-refractivity contribution in [3.05, 3.63) is 59.7 Å². The lowest BCUT2D eigenvalue weighted by Crippen LogP contribution is -2.20. The Balaban J connectivity index is 1.81. The maximum atomic E-state index is 12.1. The molecule has 0 aliphatic rings. The fourth-order valence-electron chi connectivity index (χ4n) is 2.03. The van der Waals surface area contributed by atoms with Crippen LogP contribution in [0.4, 0.5) is 14.5 Å². The van der Waals surface area contributed by atoms with E-state index in [1.807, 2.05) is 0 Å². The summed E-state index contributed by atoms with van der Waals surface area (Å²) in [6, 6.07) is 12.0. The third kappa shape index (κ3) is 6.14. The molecule has 0 saturated heterocycles. The average molecular weight is 365 g/mol. The normalized spacial score (nSPS) is 10.5. The first-order chi connectivity index (χ1) is 12.5.